The number of nitrogens with two attached hydrogens (primary N) is 1. The van der Waals surface area contributed by atoms with Crippen LogP contribution in [0.1, 0.15) is 24.7 Å². The number of halogens is 1. The monoisotopic (exact) mass is 262 g/mol. The van der Waals surface area contributed by atoms with E-state index in [2.05, 4.69) is 5.16 Å². The first-order valence-electron chi connectivity index (χ1n) is 5.98. The van der Waals surface area contributed by atoms with Crippen molar-refractivity contribution in [3.05, 3.63) is 47.6 Å². The second-order valence-electron chi connectivity index (χ2n) is 3.99. The molecule has 0 radical (unpaired) electrons. The van der Waals surface area contributed by atoms with Gasteiger partial charge in [-0.05, 0) is 12.5 Å². The van der Waals surface area contributed by atoms with Gasteiger partial charge in [-0.2, -0.15) is 0 Å². The number of hydrogen-bond acceptors (Lipinski definition) is 4. The van der Waals surface area contributed by atoms with E-state index in [0.717, 1.165) is 6.42 Å². The van der Waals surface area contributed by atoms with Crippen LogP contribution in [0, 0.1) is 5.82 Å². The zero-order valence-electron chi connectivity index (χ0n) is 10.6. The molecule has 4 nitrogen and oxygen atoms in total. The standard InChI is InChI=1S/C14H15FN2O2/c1-2-3-4-10-7-12(15)14(8-13(10)16)18-9-11-5-6-17-19-11/h3-8H,2,9,16H2,1H3/b4-3+. The molecule has 100 valence electrons. The van der Waals surface area contributed by atoms with Crippen molar-refractivity contribution in [2.45, 2.75) is 20.0 Å². The van der Waals surface area contributed by atoms with Gasteiger partial charge in [-0.3, -0.25) is 0 Å². The lowest BCUT2D eigenvalue weighted by Crippen LogP contribution is -1.99. The summed E-state index contributed by atoms with van der Waals surface area (Å²) in [5.41, 5.74) is 6.96. The lowest BCUT2D eigenvalue weighted by Gasteiger charge is -2.08. The fourth-order valence-corrected chi connectivity index (χ4v) is 1.55. The van der Waals surface area contributed by atoms with E-state index in [1.807, 2.05) is 13.0 Å². The molecule has 19 heavy (non-hydrogen) atoms. The van der Waals surface area contributed by atoms with Crippen LogP contribution >= 0.6 is 0 Å². The number of allylic oxidation sites excluding steroid dienone is 1. The Labute approximate surface area is 110 Å². The highest BCUT2D eigenvalue weighted by atomic mass is 19.1. The number of nitrogen functional groups attached to an aromatic ring is 1. The molecule has 0 aliphatic carbocycles. The molecule has 0 spiro atoms. The van der Waals surface area contributed by atoms with Crippen molar-refractivity contribution in [2.75, 3.05) is 5.73 Å². The van der Waals surface area contributed by atoms with E-state index in [1.165, 1.54) is 18.3 Å². The average molecular weight is 262 g/mol. The van der Waals surface area contributed by atoms with E-state index in [-0.39, 0.29) is 12.4 Å². The van der Waals surface area contributed by atoms with Crippen LogP contribution in [0.15, 0.2) is 35.0 Å². The molecule has 0 saturated heterocycles. The maximum atomic E-state index is 13.8. The minimum atomic E-state index is -0.454. The zero-order valence-corrected chi connectivity index (χ0v) is 10.6. The van der Waals surface area contributed by atoms with Gasteiger partial charge in [0.15, 0.2) is 17.3 Å². The Bertz CT molecular complexity index is 565. The molecule has 0 fully saturated rings. The van der Waals surface area contributed by atoms with Gasteiger partial charge in [-0.15, -0.1) is 0 Å². The fourth-order valence-electron chi connectivity index (χ4n) is 1.55. The number of anilines is 1. The number of hydrogen-bond donors (Lipinski definition) is 1. The van der Waals surface area contributed by atoms with Crippen molar-refractivity contribution in [3.8, 4) is 5.75 Å². The Kier molecular flexibility index (Phi) is 4.18. The maximum Gasteiger partial charge on any atom is 0.174 e. The molecule has 0 bridgehead atoms. The average Bonchev–Trinajstić information content (AvgIpc) is 2.91. The Morgan fingerprint density at radius 1 is 1.47 bits per heavy atom. The molecule has 0 aliphatic rings. The molecule has 0 aliphatic heterocycles. The van der Waals surface area contributed by atoms with E-state index in [0.29, 0.717) is 17.0 Å². The van der Waals surface area contributed by atoms with Gasteiger partial charge in [0.05, 0.1) is 6.20 Å². The molecule has 2 N–H and O–H groups in total. The quantitative estimate of drug-likeness (QED) is 0.839. The Morgan fingerprint density at radius 2 is 2.32 bits per heavy atom. The number of nitrogens with zero attached hydrogens (tertiary/aromatic N) is 1. The number of aromatic nitrogens is 1. The summed E-state index contributed by atoms with van der Waals surface area (Å²) in [6.45, 7) is 2.11. The van der Waals surface area contributed by atoms with Crippen LogP contribution < -0.4 is 10.5 Å². The number of rotatable bonds is 5. The molecular weight excluding hydrogens is 247 g/mol. The third-order valence-electron chi connectivity index (χ3n) is 2.53. The molecular formula is C14H15FN2O2. The van der Waals surface area contributed by atoms with E-state index in [1.54, 1.807) is 12.1 Å². The Balaban J connectivity index is 2.13. The highest BCUT2D eigenvalue weighted by Crippen LogP contribution is 2.26. The smallest absolute Gasteiger partial charge is 0.174 e. The van der Waals surface area contributed by atoms with Gasteiger partial charge in [0, 0.05) is 23.4 Å². The SMILES string of the molecule is CC/C=C/c1cc(F)c(OCc2ccno2)cc1N. The van der Waals surface area contributed by atoms with E-state index in [4.69, 9.17) is 15.0 Å². The van der Waals surface area contributed by atoms with Gasteiger partial charge in [-0.1, -0.05) is 24.2 Å². The number of ether oxygens (including phenoxy) is 1. The van der Waals surface area contributed by atoms with E-state index in [9.17, 15) is 4.39 Å². The summed E-state index contributed by atoms with van der Waals surface area (Å²) in [6.07, 6.45) is 6.08. The summed E-state index contributed by atoms with van der Waals surface area (Å²) < 4.78 is 24.0. The van der Waals surface area contributed by atoms with Crippen molar-refractivity contribution >= 4 is 11.8 Å². The lowest BCUT2D eigenvalue weighted by atomic mass is 10.1. The van der Waals surface area contributed by atoms with Crippen LogP contribution in [0.3, 0.4) is 0 Å². The predicted octanol–water partition coefficient (Wildman–Crippen LogP) is 3.40. The van der Waals surface area contributed by atoms with Crippen LogP contribution in [-0.2, 0) is 6.61 Å². The summed E-state index contributed by atoms with van der Waals surface area (Å²) in [6, 6.07) is 4.48. The van der Waals surface area contributed by atoms with Gasteiger partial charge in [-0.25, -0.2) is 4.39 Å². The first-order valence-corrected chi connectivity index (χ1v) is 5.98. The Hall–Kier alpha value is -2.30. The molecule has 0 saturated carbocycles. The fraction of sp³-hybridized carbons (Fsp3) is 0.214. The summed E-state index contributed by atoms with van der Waals surface area (Å²) in [5.74, 6) is 0.167. The maximum absolute atomic E-state index is 13.8. The summed E-state index contributed by atoms with van der Waals surface area (Å²) in [7, 11) is 0. The summed E-state index contributed by atoms with van der Waals surface area (Å²) in [4.78, 5) is 0. The molecule has 0 amide bonds. The van der Waals surface area contributed by atoms with Crippen LogP contribution in [0.5, 0.6) is 5.75 Å². The molecule has 1 aromatic heterocycles. The van der Waals surface area contributed by atoms with Gasteiger partial charge < -0.3 is 15.0 Å². The third-order valence-corrected chi connectivity index (χ3v) is 2.53. The highest BCUT2D eigenvalue weighted by molar-refractivity contribution is 5.66. The zero-order chi connectivity index (χ0) is 13.7. The third kappa shape index (κ3) is 3.34. The lowest BCUT2D eigenvalue weighted by molar-refractivity contribution is 0.240. The summed E-state index contributed by atoms with van der Waals surface area (Å²) >= 11 is 0. The molecule has 1 aromatic carbocycles. The Morgan fingerprint density at radius 3 is 3.00 bits per heavy atom. The number of benzene rings is 1. The summed E-state index contributed by atoms with van der Waals surface area (Å²) in [5, 5.41) is 3.54. The van der Waals surface area contributed by atoms with Gasteiger partial charge in [0.25, 0.3) is 0 Å². The van der Waals surface area contributed by atoms with Crippen LogP contribution in [0.4, 0.5) is 10.1 Å². The van der Waals surface area contributed by atoms with Gasteiger partial charge >= 0.3 is 0 Å². The van der Waals surface area contributed by atoms with Gasteiger partial charge in [0.2, 0.25) is 0 Å². The topological polar surface area (TPSA) is 61.3 Å². The minimum absolute atomic E-state index is 0.0996. The van der Waals surface area contributed by atoms with Crippen molar-refractivity contribution in [2.24, 2.45) is 0 Å². The molecule has 2 rings (SSSR count). The van der Waals surface area contributed by atoms with Crippen molar-refractivity contribution in [3.63, 3.8) is 0 Å². The molecule has 5 heteroatoms. The molecule has 0 unspecified atom stereocenters. The molecule has 2 aromatic rings. The van der Waals surface area contributed by atoms with Crippen LogP contribution in [-0.4, -0.2) is 5.16 Å². The van der Waals surface area contributed by atoms with Crippen molar-refractivity contribution < 1.29 is 13.7 Å². The second kappa shape index (κ2) is 6.04. The second-order valence-corrected chi connectivity index (χ2v) is 3.99. The van der Waals surface area contributed by atoms with Crippen LogP contribution in [0.2, 0.25) is 0 Å². The normalized spacial score (nSPS) is 11.1. The van der Waals surface area contributed by atoms with Crippen molar-refractivity contribution in [1.29, 1.82) is 0 Å². The highest BCUT2D eigenvalue weighted by Gasteiger charge is 2.09. The first-order chi connectivity index (χ1) is 9.20. The largest absolute Gasteiger partial charge is 0.482 e. The van der Waals surface area contributed by atoms with Crippen LogP contribution in [0.25, 0.3) is 6.08 Å². The molecule has 1 heterocycles. The first kappa shape index (κ1) is 13.1. The predicted molar refractivity (Wildman–Crippen MR) is 71.0 cm³/mol. The van der Waals surface area contributed by atoms with Crippen molar-refractivity contribution in [1.82, 2.24) is 5.16 Å². The van der Waals surface area contributed by atoms with E-state index < -0.39 is 5.82 Å². The molecule has 0 atom stereocenters. The van der Waals surface area contributed by atoms with E-state index >= 15 is 0 Å². The minimum Gasteiger partial charge on any atom is -0.482 e. The van der Waals surface area contributed by atoms with Gasteiger partial charge in [0.1, 0.15) is 6.61 Å².